The van der Waals surface area contributed by atoms with E-state index in [1.54, 1.807) is 12.1 Å². The van der Waals surface area contributed by atoms with Crippen LogP contribution in [0.5, 0.6) is 0 Å². The van der Waals surface area contributed by atoms with E-state index in [0.717, 1.165) is 0 Å². The molecule has 0 atom stereocenters. The van der Waals surface area contributed by atoms with Gasteiger partial charge in [-0.25, -0.2) is 0 Å². The van der Waals surface area contributed by atoms with E-state index < -0.39 is 0 Å². The van der Waals surface area contributed by atoms with Crippen molar-refractivity contribution in [3.8, 4) is 0 Å². The molecule has 1 aromatic carbocycles. The van der Waals surface area contributed by atoms with Gasteiger partial charge < -0.3 is 18.1 Å². The molecule has 50 valence electrons. The third kappa shape index (κ3) is 3.87. The first-order chi connectivity index (χ1) is 3.79. The van der Waals surface area contributed by atoms with Gasteiger partial charge >= 0.3 is 19.5 Å². The van der Waals surface area contributed by atoms with E-state index in [9.17, 15) is 0 Å². The van der Waals surface area contributed by atoms with Crippen molar-refractivity contribution in [2.75, 3.05) is 0 Å². The molecule has 0 fully saturated rings. The van der Waals surface area contributed by atoms with Gasteiger partial charge in [0.05, 0.1) is 0 Å². The zero-order valence-corrected chi connectivity index (χ0v) is 9.62. The Bertz CT molecular complexity index is 152. The van der Waals surface area contributed by atoms with Crippen LogP contribution in [0, 0.1) is 6.92 Å². The van der Waals surface area contributed by atoms with Crippen LogP contribution in [0.15, 0.2) is 24.3 Å². The van der Waals surface area contributed by atoms with Crippen LogP contribution in [0.2, 0.25) is 0 Å². The Kier molecular flexibility index (Phi) is 7.18. The van der Waals surface area contributed by atoms with Crippen molar-refractivity contribution in [2.45, 2.75) is 6.92 Å². The fourth-order valence-corrected chi connectivity index (χ4v) is 0.554. The number of hydrogen-bond donors (Lipinski definition) is 0. The van der Waals surface area contributed by atoms with Gasteiger partial charge in [-0.1, -0.05) is 29.8 Å². The second-order valence-corrected chi connectivity index (χ2v) is 1.87. The predicted molar refractivity (Wildman–Crippen MR) is 35.2 cm³/mol. The summed E-state index contributed by atoms with van der Waals surface area (Å²) in [5.74, 6) is 0. The zero-order chi connectivity index (χ0) is 5.98. The van der Waals surface area contributed by atoms with Gasteiger partial charge in [-0.2, -0.15) is 0 Å². The second-order valence-electron chi connectivity index (χ2n) is 1.87. The second kappa shape index (κ2) is 5.70. The molecule has 1 rings (SSSR count). The van der Waals surface area contributed by atoms with Crippen molar-refractivity contribution in [2.24, 2.45) is 0 Å². The normalized spacial score (nSPS) is 7.30. The number of nitrogens with one attached hydrogen (secondary N) is 1. The molecule has 0 radical (unpaired) electrons. The van der Waals surface area contributed by atoms with Gasteiger partial charge in [0.1, 0.15) is 0 Å². The first-order valence-electron chi connectivity index (χ1n) is 2.57. The van der Waals surface area contributed by atoms with Gasteiger partial charge in [0.15, 0.2) is 0 Å². The Labute approximate surface area is 80.2 Å². The average molecular weight is 207 g/mol. The molecule has 0 aliphatic carbocycles. The van der Waals surface area contributed by atoms with Gasteiger partial charge in [-0.3, -0.25) is 0 Å². The minimum Gasteiger partial charge on any atom is -1.00 e. The van der Waals surface area contributed by atoms with Gasteiger partial charge in [0, 0.05) is 0 Å². The van der Waals surface area contributed by atoms with Crippen molar-refractivity contribution >= 4 is 5.69 Å². The van der Waals surface area contributed by atoms with E-state index in [0.29, 0.717) is 5.69 Å². The molecule has 10 heavy (non-hydrogen) atoms. The van der Waals surface area contributed by atoms with Crippen LogP contribution in [-0.2, 0) is 19.5 Å². The summed E-state index contributed by atoms with van der Waals surface area (Å²) >= 11 is 0. The maximum Gasteiger partial charge on any atom is 2.00 e. The van der Waals surface area contributed by atoms with Gasteiger partial charge in [-0.05, 0) is 6.92 Å². The minimum atomic E-state index is 0. The molecule has 1 nitrogen and oxygen atoms in total. The molecule has 0 saturated carbocycles. The van der Waals surface area contributed by atoms with Crippen LogP contribution in [0.4, 0.5) is 5.69 Å². The molecule has 0 heterocycles. The minimum absolute atomic E-state index is 0. The van der Waals surface area contributed by atoms with E-state index in [1.807, 2.05) is 19.1 Å². The number of benzene rings is 1. The van der Waals surface area contributed by atoms with Gasteiger partial charge in [-0.15, -0.1) is 5.69 Å². The van der Waals surface area contributed by atoms with E-state index in [1.165, 1.54) is 5.56 Å². The molecule has 0 saturated heterocycles. The maximum absolute atomic E-state index is 7.09. The molecular weight excluding hydrogens is 199 g/mol. The molecule has 1 aromatic rings. The number of hydrogen-bond acceptors (Lipinski definition) is 0. The average Bonchev–Trinajstić information content (AvgIpc) is 1.77. The Morgan fingerprint density at radius 3 is 1.80 bits per heavy atom. The first kappa shape index (κ1) is 12.6. The quantitative estimate of drug-likeness (QED) is 0.520. The fraction of sp³-hybridized carbons (Fsp3) is 0.143. The molecule has 0 bridgehead atoms. The smallest absolute Gasteiger partial charge is 1.00 e. The van der Waals surface area contributed by atoms with Crippen molar-refractivity contribution in [3.63, 3.8) is 0 Å². The summed E-state index contributed by atoms with van der Waals surface area (Å²) < 4.78 is 0. The van der Waals surface area contributed by atoms with Gasteiger partial charge in [0.25, 0.3) is 0 Å². The first-order valence-corrected chi connectivity index (χ1v) is 2.57. The number of halogens is 1. The molecule has 0 amide bonds. The summed E-state index contributed by atoms with van der Waals surface area (Å²) in [6.45, 7) is 2.01. The predicted octanol–water partition coefficient (Wildman–Crippen LogP) is -0.320. The van der Waals surface area contributed by atoms with Crippen LogP contribution >= 0.6 is 0 Å². The van der Waals surface area contributed by atoms with E-state index >= 15 is 0 Å². The summed E-state index contributed by atoms with van der Waals surface area (Å²) in [7, 11) is 0. The molecular formula is C7H8ClNZn. The summed E-state index contributed by atoms with van der Waals surface area (Å²) in [5.41, 5.74) is 8.88. The molecule has 0 spiro atoms. The van der Waals surface area contributed by atoms with Crippen molar-refractivity contribution in [1.82, 2.24) is 0 Å². The molecule has 0 aliphatic rings. The number of rotatable bonds is 0. The van der Waals surface area contributed by atoms with E-state index in [4.69, 9.17) is 5.73 Å². The number of aryl methyl sites for hydroxylation is 1. The van der Waals surface area contributed by atoms with E-state index in [2.05, 4.69) is 0 Å². The molecule has 3 heteroatoms. The van der Waals surface area contributed by atoms with Crippen molar-refractivity contribution < 1.29 is 31.9 Å². The van der Waals surface area contributed by atoms with E-state index in [-0.39, 0.29) is 31.9 Å². The summed E-state index contributed by atoms with van der Waals surface area (Å²) in [6.07, 6.45) is 0. The van der Waals surface area contributed by atoms with Crippen LogP contribution < -0.4 is 12.4 Å². The fourth-order valence-electron chi connectivity index (χ4n) is 0.554. The van der Waals surface area contributed by atoms with Crippen molar-refractivity contribution in [1.29, 1.82) is 0 Å². The summed E-state index contributed by atoms with van der Waals surface area (Å²) in [6, 6.07) is 7.44. The monoisotopic (exact) mass is 205 g/mol. The molecule has 1 N–H and O–H groups in total. The molecule has 0 aromatic heterocycles. The zero-order valence-electron chi connectivity index (χ0n) is 5.89. The largest absolute Gasteiger partial charge is 2.00 e. The summed E-state index contributed by atoms with van der Waals surface area (Å²) in [5, 5.41) is 0. The Balaban J connectivity index is 0. The molecule has 0 aliphatic heterocycles. The van der Waals surface area contributed by atoms with Crippen LogP contribution in [0.1, 0.15) is 5.56 Å². The standard InChI is InChI=1S/C7H8N.ClH.Zn/c1-6-2-4-7(8)5-3-6;;/h2-5,8H,1H3;1H;/q-1;;+2/p-1. The topological polar surface area (TPSA) is 23.8 Å². The Morgan fingerprint density at radius 2 is 1.50 bits per heavy atom. The van der Waals surface area contributed by atoms with Gasteiger partial charge in [0.2, 0.25) is 0 Å². The third-order valence-electron chi connectivity index (χ3n) is 1.05. The third-order valence-corrected chi connectivity index (χ3v) is 1.05. The maximum atomic E-state index is 7.09. The Morgan fingerprint density at radius 1 is 1.10 bits per heavy atom. The SMILES string of the molecule is Cc1ccc([NH-])cc1.[Cl-].[Zn+2]. The van der Waals surface area contributed by atoms with Crippen LogP contribution in [0.25, 0.3) is 5.73 Å². The summed E-state index contributed by atoms with van der Waals surface area (Å²) in [4.78, 5) is 0. The van der Waals surface area contributed by atoms with Crippen LogP contribution in [-0.4, -0.2) is 0 Å². The molecule has 0 unspecified atom stereocenters. The van der Waals surface area contributed by atoms with Crippen molar-refractivity contribution in [3.05, 3.63) is 35.6 Å². The van der Waals surface area contributed by atoms with Crippen LogP contribution in [0.3, 0.4) is 0 Å². The Hall–Kier alpha value is -0.0666.